The van der Waals surface area contributed by atoms with E-state index in [9.17, 15) is 0 Å². The number of hydrogen-bond donors (Lipinski definition) is 1. The Morgan fingerprint density at radius 2 is 2.18 bits per heavy atom. The average molecular weight is 267 g/mol. The fourth-order valence-electron chi connectivity index (χ4n) is 1.58. The second kappa shape index (κ2) is 6.15. The third-order valence-corrected chi connectivity index (χ3v) is 3.55. The van der Waals surface area contributed by atoms with Crippen LogP contribution in [0.3, 0.4) is 0 Å². The molecule has 0 bridgehead atoms. The summed E-state index contributed by atoms with van der Waals surface area (Å²) < 4.78 is 4.44. The Kier molecular flexibility index (Phi) is 4.54. The Labute approximate surface area is 111 Å². The number of halogens is 1. The Balaban J connectivity index is 2.10. The van der Waals surface area contributed by atoms with Crippen LogP contribution in [0.15, 0.2) is 30.3 Å². The molecule has 0 amide bonds. The van der Waals surface area contributed by atoms with E-state index in [2.05, 4.69) is 22.7 Å². The molecule has 0 saturated carbocycles. The van der Waals surface area contributed by atoms with E-state index >= 15 is 0 Å². The normalized spacial score (nSPS) is 10.7. The smallest absolute Gasteiger partial charge is 0.0858 e. The van der Waals surface area contributed by atoms with Crippen LogP contribution in [-0.4, -0.2) is 10.9 Å². The van der Waals surface area contributed by atoms with Gasteiger partial charge in [0.15, 0.2) is 0 Å². The van der Waals surface area contributed by atoms with Crippen molar-refractivity contribution in [1.82, 2.24) is 9.69 Å². The Hall–Kier alpha value is -0.900. The molecule has 0 aliphatic rings. The zero-order valence-corrected chi connectivity index (χ0v) is 11.3. The first-order valence-electron chi connectivity index (χ1n) is 5.72. The lowest BCUT2D eigenvalue weighted by Crippen LogP contribution is -2.12. The minimum Gasteiger partial charge on any atom is -0.312 e. The van der Waals surface area contributed by atoms with E-state index < -0.39 is 0 Å². The van der Waals surface area contributed by atoms with Gasteiger partial charge in [-0.2, -0.15) is 4.37 Å². The SMILES string of the molecule is CCCNCc1cc(-c2ccccc2Cl)ns1. The summed E-state index contributed by atoms with van der Waals surface area (Å²) in [6, 6.07) is 9.91. The van der Waals surface area contributed by atoms with E-state index in [0.29, 0.717) is 0 Å². The van der Waals surface area contributed by atoms with Crippen LogP contribution >= 0.6 is 23.1 Å². The van der Waals surface area contributed by atoms with Crippen LogP contribution in [0.25, 0.3) is 11.3 Å². The van der Waals surface area contributed by atoms with Crippen molar-refractivity contribution in [2.75, 3.05) is 6.54 Å². The van der Waals surface area contributed by atoms with Crippen molar-refractivity contribution in [2.24, 2.45) is 0 Å². The minimum atomic E-state index is 0.755. The minimum absolute atomic E-state index is 0.755. The van der Waals surface area contributed by atoms with Crippen molar-refractivity contribution in [2.45, 2.75) is 19.9 Å². The van der Waals surface area contributed by atoms with Crippen LogP contribution in [0.1, 0.15) is 18.2 Å². The summed E-state index contributed by atoms with van der Waals surface area (Å²) in [7, 11) is 0. The molecule has 0 saturated heterocycles. The molecule has 0 unspecified atom stereocenters. The Morgan fingerprint density at radius 3 is 2.94 bits per heavy atom. The number of benzene rings is 1. The maximum atomic E-state index is 6.14. The highest BCUT2D eigenvalue weighted by molar-refractivity contribution is 7.06. The Bertz CT molecular complexity index is 482. The molecule has 2 rings (SSSR count). The van der Waals surface area contributed by atoms with Gasteiger partial charge in [-0.15, -0.1) is 0 Å². The highest BCUT2D eigenvalue weighted by atomic mass is 35.5. The van der Waals surface area contributed by atoms with Crippen LogP contribution in [0, 0.1) is 0 Å². The second-order valence-electron chi connectivity index (χ2n) is 3.84. The largest absolute Gasteiger partial charge is 0.312 e. The summed E-state index contributed by atoms with van der Waals surface area (Å²) >= 11 is 7.68. The van der Waals surface area contributed by atoms with E-state index in [1.54, 1.807) is 0 Å². The van der Waals surface area contributed by atoms with E-state index in [-0.39, 0.29) is 0 Å². The lowest BCUT2D eigenvalue weighted by Gasteiger charge is -1.99. The van der Waals surface area contributed by atoms with E-state index in [1.165, 1.54) is 16.4 Å². The third kappa shape index (κ3) is 3.28. The third-order valence-electron chi connectivity index (χ3n) is 2.43. The van der Waals surface area contributed by atoms with Gasteiger partial charge in [0.2, 0.25) is 0 Å². The van der Waals surface area contributed by atoms with Crippen molar-refractivity contribution in [3.05, 3.63) is 40.2 Å². The number of hydrogen-bond acceptors (Lipinski definition) is 3. The molecule has 1 N–H and O–H groups in total. The fourth-order valence-corrected chi connectivity index (χ4v) is 2.51. The first kappa shape index (κ1) is 12.6. The van der Waals surface area contributed by atoms with Crippen LogP contribution in [0.5, 0.6) is 0 Å². The van der Waals surface area contributed by atoms with Gasteiger partial charge in [-0.25, -0.2) is 0 Å². The second-order valence-corrected chi connectivity index (χ2v) is 5.13. The summed E-state index contributed by atoms with van der Waals surface area (Å²) in [5.41, 5.74) is 1.97. The molecule has 90 valence electrons. The number of nitrogens with zero attached hydrogens (tertiary/aromatic N) is 1. The number of aromatic nitrogens is 1. The predicted molar refractivity (Wildman–Crippen MR) is 74.6 cm³/mol. The molecular formula is C13H15ClN2S. The summed E-state index contributed by atoms with van der Waals surface area (Å²) in [6.45, 7) is 4.09. The molecule has 0 radical (unpaired) electrons. The monoisotopic (exact) mass is 266 g/mol. The molecule has 0 atom stereocenters. The molecule has 0 spiro atoms. The van der Waals surface area contributed by atoms with Gasteiger partial charge in [-0.05, 0) is 36.6 Å². The topological polar surface area (TPSA) is 24.9 Å². The number of rotatable bonds is 5. The fraction of sp³-hybridized carbons (Fsp3) is 0.308. The van der Waals surface area contributed by atoms with E-state index in [1.807, 2.05) is 24.3 Å². The van der Waals surface area contributed by atoms with Gasteiger partial charge in [-0.1, -0.05) is 36.7 Å². The standard InChI is InChI=1S/C13H15ClN2S/c1-2-7-15-9-10-8-13(16-17-10)11-5-3-4-6-12(11)14/h3-6,8,15H,2,7,9H2,1H3. The maximum absolute atomic E-state index is 6.14. The first-order chi connectivity index (χ1) is 8.31. The molecule has 0 aliphatic heterocycles. The Morgan fingerprint density at radius 1 is 1.35 bits per heavy atom. The van der Waals surface area contributed by atoms with Gasteiger partial charge in [0.05, 0.1) is 5.69 Å². The first-order valence-corrected chi connectivity index (χ1v) is 6.87. The van der Waals surface area contributed by atoms with Gasteiger partial charge in [0.25, 0.3) is 0 Å². The quantitative estimate of drug-likeness (QED) is 0.829. The van der Waals surface area contributed by atoms with Gasteiger partial charge < -0.3 is 5.32 Å². The highest BCUT2D eigenvalue weighted by Crippen LogP contribution is 2.28. The summed E-state index contributed by atoms with van der Waals surface area (Å²) in [5, 5.41) is 4.12. The van der Waals surface area contributed by atoms with Crippen LogP contribution in [0.4, 0.5) is 0 Å². The van der Waals surface area contributed by atoms with Gasteiger partial charge >= 0.3 is 0 Å². The van der Waals surface area contributed by atoms with Crippen molar-refractivity contribution in [3.63, 3.8) is 0 Å². The molecule has 0 fully saturated rings. The molecule has 4 heteroatoms. The number of nitrogens with one attached hydrogen (secondary N) is 1. The van der Waals surface area contributed by atoms with Crippen LogP contribution < -0.4 is 5.32 Å². The van der Waals surface area contributed by atoms with E-state index in [0.717, 1.165) is 35.8 Å². The molecule has 1 aromatic carbocycles. The van der Waals surface area contributed by atoms with Gasteiger partial charge in [0.1, 0.15) is 0 Å². The predicted octanol–water partition coefficient (Wildman–Crippen LogP) is 3.96. The maximum Gasteiger partial charge on any atom is 0.0858 e. The van der Waals surface area contributed by atoms with E-state index in [4.69, 9.17) is 11.6 Å². The average Bonchev–Trinajstić information content (AvgIpc) is 2.79. The summed E-state index contributed by atoms with van der Waals surface area (Å²) in [6.07, 6.45) is 1.15. The van der Waals surface area contributed by atoms with Crippen molar-refractivity contribution in [3.8, 4) is 11.3 Å². The van der Waals surface area contributed by atoms with Gasteiger partial charge in [-0.3, -0.25) is 0 Å². The summed E-state index contributed by atoms with van der Waals surface area (Å²) in [4.78, 5) is 1.24. The zero-order valence-electron chi connectivity index (χ0n) is 9.74. The van der Waals surface area contributed by atoms with Crippen LogP contribution in [-0.2, 0) is 6.54 Å². The highest BCUT2D eigenvalue weighted by Gasteiger charge is 2.07. The molecule has 1 aromatic heterocycles. The van der Waals surface area contributed by atoms with Crippen LogP contribution in [0.2, 0.25) is 5.02 Å². The van der Waals surface area contributed by atoms with Crippen molar-refractivity contribution < 1.29 is 0 Å². The lowest BCUT2D eigenvalue weighted by atomic mass is 10.1. The molecule has 0 aliphatic carbocycles. The zero-order chi connectivity index (χ0) is 12.1. The van der Waals surface area contributed by atoms with Crippen molar-refractivity contribution in [1.29, 1.82) is 0 Å². The molecule has 1 heterocycles. The van der Waals surface area contributed by atoms with Gasteiger partial charge in [0, 0.05) is 22.0 Å². The molecule has 2 aromatic rings. The lowest BCUT2D eigenvalue weighted by molar-refractivity contribution is 0.681. The molecular weight excluding hydrogens is 252 g/mol. The molecule has 17 heavy (non-hydrogen) atoms. The summed E-state index contributed by atoms with van der Waals surface area (Å²) in [5.74, 6) is 0. The molecule has 2 nitrogen and oxygen atoms in total. The van der Waals surface area contributed by atoms with Crippen molar-refractivity contribution >= 4 is 23.1 Å².